The minimum absolute atomic E-state index is 0.255. The Balaban J connectivity index is 3.03. The molecule has 3 nitrogen and oxygen atoms in total. The first kappa shape index (κ1) is 24.6. The highest BCUT2D eigenvalue weighted by atomic mass is 16.3. The van der Waals surface area contributed by atoms with E-state index in [0.717, 1.165) is 19.6 Å². The van der Waals surface area contributed by atoms with Crippen LogP contribution in [0.4, 0.5) is 0 Å². The summed E-state index contributed by atoms with van der Waals surface area (Å²) in [7, 11) is 0. The summed E-state index contributed by atoms with van der Waals surface area (Å²) < 4.78 is 0. The summed E-state index contributed by atoms with van der Waals surface area (Å²) in [5.74, 6) is 0. The lowest BCUT2D eigenvalue weighted by Gasteiger charge is -2.03. The van der Waals surface area contributed by atoms with Crippen molar-refractivity contribution in [3.05, 3.63) is 12.2 Å². The number of hydrogen-bond acceptors (Lipinski definition) is 3. The molecule has 25 heavy (non-hydrogen) atoms. The van der Waals surface area contributed by atoms with Crippen molar-refractivity contribution >= 4 is 0 Å². The molecule has 0 amide bonds. The SMILES string of the molecule is NCCCCCCCC/C=C\CCCCCCCCCCNCCO. The lowest BCUT2D eigenvalue weighted by atomic mass is 10.1. The van der Waals surface area contributed by atoms with E-state index in [9.17, 15) is 0 Å². The molecule has 0 heterocycles. The van der Waals surface area contributed by atoms with Crippen molar-refractivity contribution in [2.45, 2.75) is 103 Å². The van der Waals surface area contributed by atoms with Crippen molar-refractivity contribution in [2.24, 2.45) is 5.73 Å². The van der Waals surface area contributed by atoms with Crippen LogP contribution in [0.3, 0.4) is 0 Å². The molecule has 0 unspecified atom stereocenters. The number of aliphatic hydroxyl groups excluding tert-OH is 1. The minimum Gasteiger partial charge on any atom is -0.395 e. The summed E-state index contributed by atoms with van der Waals surface area (Å²) in [4.78, 5) is 0. The van der Waals surface area contributed by atoms with Gasteiger partial charge in [-0.1, -0.05) is 76.4 Å². The van der Waals surface area contributed by atoms with E-state index in [4.69, 9.17) is 10.8 Å². The van der Waals surface area contributed by atoms with Gasteiger partial charge in [0, 0.05) is 6.54 Å². The van der Waals surface area contributed by atoms with Crippen LogP contribution in [0.15, 0.2) is 12.2 Å². The first-order chi connectivity index (χ1) is 12.4. The van der Waals surface area contributed by atoms with Crippen molar-refractivity contribution in [2.75, 3.05) is 26.2 Å². The number of aliphatic hydroxyl groups is 1. The van der Waals surface area contributed by atoms with E-state index in [0.29, 0.717) is 0 Å². The highest BCUT2D eigenvalue weighted by Gasteiger charge is 1.93. The Hall–Kier alpha value is -0.380. The predicted octanol–water partition coefficient (Wildman–Crippen LogP) is 5.32. The second-order valence-electron chi connectivity index (χ2n) is 7.26. The van der Waals surface area contributed by atoms with Gasteiger partial charge in [0.2, 0.25) is 0 Å². The number of nitrogens with one attached hydrogen (secondary N) is 1. The van der Waals surface area contributed by atoms with Gasteiger partial charge in [-0.2, -0.15) is 0 Å². The van der Waals surface area contributed by atoms with Crippen molar-refractivity contribution in [1.82, 2.24) is 5.32 Å². The summed E-state index contributed by atoms with van der Waals surface area (Å²) in [5.41, 5.74) is 5.50. The lowest BCUT2D eigenvalue weighted by molar-refractivity contribution is 0.292. The highest BCUT2D eigenvalue weighted by molar-refractivity contribution is 4.81. The molecule has 0 saturated heterocycles. The zero-order valence-electron chi connectivity index (χ0n) is 16.8. The zero-order valence-corrected chi connectivity index (χ0v) is 16.8. The van der Waals surface area contributed by atoms with Crippen LogP contribution in [0.25, 0.3) is 0 Å². The molecule has 0 rings (SSSR count). The van der Waals surface area contributed by atoms with Gasteiger partial charge in [0.05, 0.1) is 6.61 Å². The van der Waals surface area contributed by atoms with E-state index in [-0.39, 0.29) is 6.61 Å². The summed E-state index contributed by atoms with van der Waals surface area (Å²) in [5, 5.41) is 11.9. The Morgan fingerprint density at radius 3 is 1.48 bits per heavy atom. The summed E-state index contributed by atoms with van der Waals surface area (Å²) in [6, 6.07) is 0. The van der Waals surface area contributed by atoms with Crippen molar-refractivity contribution in [3.63, 3.8) is 0 Å². The Labute approximate surface area is 157 Å². The van der Waals surface area contributed by atoms with E-state index in [1.54, 1.807) is 0 Å². The standard InChI is InChI=1S/C22H46N2O/c23-19-17-15-13-11-9-7-5-3-1-2-4-6-8-10-12-14-16-18-20-24-21-22-25/h1,3,24-25H,2,4-23H2/b3-1-. The molecule has 3 heteroatoms. The average molecular weight is 355 g/mol. The summed E-state index contributed by atoms with van der Waals surface area (Å²) in [6.45, 7) is 2.91. The lowest BCUT2D eigenvalue weighted by Crippen LogP contribution is -2.19. The van der Waals surface area contributed by atoms with Crippen LogP contribution in [-0.2, 0) is 0 Å². The molecule has 0 atom stereocenters. The van der Waals surface area contributed by atoms with Crippen LogP contribution in [0.2, 0.25) is 0 Å². The number of unbranched alkanes of at least 4 members (excludes halogenated alkanes) is 14. The van der Waals surface area contributed by atoms with Gasteiger partial charge in [-0.05, 0) is 51.6 Å². The first-order valence-electron chi connectivity index (χ1n) is 11.1. The van der Waals surface area contributed by atoms with E-state index >= 15 is 0 Å². The van der Waals surface area contributed by atoms with E-state index < -0.39 is 0 Å². The van der Waals surface area contributed by atoms with Crippen LogP contribution in [0, 0.1) is 0 Å². The third-order valence-electron chi connectivity index (χ3n) is 4.75. The number of rotatable bonds is 21. The average Bonchev–Trinajstić information content (AvgIpc) is 2.63. The second-order valence-corrected chi connectivity index (χ2v) is 7.26. The molecular weight excluding hydrogens is 308 g/mol. The van der Waals surface area contributed by atoms with Gasteiger partial charge in [0.15, 0.2) is 0 Å². The molecule has 4 N–H and O–H groups in total. The Morgan fingerprint density at radius 2 is 1.00 bits per heavy atom. The summed E-state index contributed by atoms with van der Waals surface area (Å²) >= 11 is 0. The van der Waals surface area contributed by atoms with Crippen molar-refractivity contribution < 1.29 is 5.11 Å². The maximum atomic E-state index is 8.66. The molecule has 0 aromatic rings. The molecule has 0 bridgehead atoms. The van der Waals surface area contributed by atoms with Crippen LogP contribution in [0.1, 0.15) is 103 Å². The molecule has 0 aliphatic rings. The number of nitrogens with two attached hydrogens (primary N) is 1. The largest absolute Gasteiger partial charge is 0.395 e. The van der Waals surface area contributed by atoms with E-state index in [1.165, 1.54) is 103 Å². The topological polar surface area (TPSA) is 58.3 Å². The molecule has 0 radical (unpaired) electrons. The molecule has 0 aromatic carbocycles. The smallest absolute Gasteiger partial charge is 0.0555 e. The molecule has 0 aliphatic carbocycles. The molecule has 0 fully saturated rings. The van der Waals surface area contributed by atoms with Gasteiger partial charge >= 0.3 is 0 Å². The zero-order chi connectivity index (χ0) is 18.3. The first-order valence-corrected chi connectivity index (χ1v) is 11.1. The van der Waals surface area contributed by atoms with E-state index in [2.05, 4.69) is 17.5 Å². The fourth-order valence-corrected chi connectivity index (χ4v) is 3.13. The van der Waals surface area contributed by atoms with Crippen LogP contribution in [0.5, 0.6) is 0 Å². The maximum Gasteiger partial charge on any atom is 0.0555 e. The molecule has 0 spiro atoms. The van der Waals surface area contributed by atoms with Gasteiger partial charge in [-0.3, -0.25) is 0 Å². The molecule has 0 saturated carbocycles. The van der Waals surface area contributed by atoms with Crippen LogP contribution < -0.4 is 11.1 Å². The molecule has 0 aromatic heterocycles. The number of allylic oxidation sites excluding steroid dienone is 2. The highest BCUT2D eigenvalue weighted by Crippen LogP contribution is 2.11. The normalized spacial score (nSPS) is 11.6. The fourth-order valence-electron chi connectivity index (χ4n) is 3.13. The van der Waals surface area contributed by atoms with Crippen LogP contribution >= 0.6 is 0 Å². The molecule has 150 valence electrons. The monoisotopic (exact) mass is 354 g/mol. The van der Waals surface area contributed by atoms with Crippen molar-refractivity contribution in [1.29, 1.82) is 0 Å². The third kappa shape index (κ3) is 23.6. The predicted molar refractivity (Wildman–Crippen MR) is 112 cm³/mol. The number of hydrogen-bond donors (Lipinski definition) is 3. The Morgan fingerprint density at radius 1 is 0.560 bits per heavy atom. The quantitative estimate of drug-likeness (QED) is 0.193. The molecule has 0 aliphatic heterocycles. The minimum atomic E-state index is 0.255. The van der Waals surface area contributed by atoms with Gasteiger partial charge in [0.1, 0.15) is 0 Å². The van der Waals surface area contributed by atoms with Crippen LogP contribution in [-0.4, -0.2) is 31.3 Å². The Kier molecular flexibility index (Phi) is 23.3. The van der Waals surface area contributed by atoms with Crippen molar-refractivity contribution in [3.8, 4) is 0 Å². The second kappa shape index (κ2) is 23.6. The summed E-state index contributed by atoms with van der Waals surface area (Å²) in [6.07, 6.45) is 26.2. The van der Waals surface area contributed by atoms with Gasteiger partial charge in [0.25, 0.3) is 0 Å². The van der Waals surface area contributed by atoms with Gasteiger partial charge in [-0.25, -0.2) is 0 Å². The molecular formula is C22H46N2O. The third-order valence-corrected chi connectivity index (χ3v) is 4.75. The Bertz CT molecular complexity index is 256. The maximum absolute atomic E-state index is 8.66. The van der Waals surface area contributed by atoms with Gasteiger partial charge in [-0.15, -0.1) is 0 Å². The fraction of sp³-hybridized carbons (Fsp3) is 0.909. The van der Waals surface area contributed by atoms with Gasteiger partial charge < -0.3 is 16.2 Å². The van der Waals surface area contributed by atoms with E-state index in [1.807, 2.05) is 0 Å².